The second-order valence-electron chi connectivity index (χ2n) is 3.59. The van der Waals surface area contributed by atoms with Crippen LogP contribution < -0.4 is 10.5 Å². The third kappa shape index (κ3) is 3.35. The minimum absolute atomic E-state index is 0.228. The van der Waals surface area contributed by atoms with E-state index in [1.165, 1.54) is 11.3 Å². The Morgan fingerprint density at radius 2 is 2.00 bits per heavy atom. The molecule has 1 aromatic carbocycles. The van der Waals surface area contributed by atoms with Gasteiger partial charge in [0.25, 0.3) is 10.0 Å². The number of nitrogens with two attached hydrogens (primary N) is 1. The van der Waals surface area contributed by atoms with E-state index in [2.05, 4.69) is 16.6 Å². The van der Waals surface area contributed by atoms with Crippen LogP contribution in [0.1, 0.15) is 5.56 Å². The molecular formula is C13H12N2O2S2. The topological polar surface area (TPSA) is 72.2 Å². The van der Waals surface area contributed by atoms with E-state index in [4.69, 9.17) is 5.73 Å². The first-order chi connectivity index (χ1) is 9.13. The number of sulfonamides is 1. The van der Waals surface area contributed by atoms with Crippen LogP contribution in [-0.4, -0.2) is 15.0 Å². The number of anilines is 1. The number of hydrogen-bond donors (Lipinski definition) is 2. The van der Waals surface area contributed by atoms with Gasteiger partial charge in [0.15, 0.2) is 0 Å². The molecule has 0 amide bonds. The van der Waals surface area contributed by atoms with Gasteiger partial charge in [0.05, 0.1) is 12.2 Å². The van der Waals surface area contributed by atoms with Gasteiger partial charge in [-0.15, -0.1) is 11.3 Å². The predicted octanol–water partition coefficient (Wildman–Crippen LogP) is 1.86. The molecule has 0 atom stereocenters. The molecule has 4 nitrogen and oxygen atoms in total. The Bertz CT molecular complexity index is 711. The molecule has 98 valence electrons. The normalized spacial score (nSPS) is 10.6. The van der Waals surface area contributed by atoms with Gasteiger partial charge in [0.2, 0.25) is 0 Å². The predicted molar refractivity (Wildman–Crippen MR) is 77.5 cm³/mol. The molecule has 0 radical (unpaired) electrons. The molecular weight excluding hydrogens is 280 g/mol. The van der Waals surface area contributed by atoms with Gasteiger partial charge in [-0.2, -0.15) is 0 Å². The summed E-state index contributed by atoms with van der Waals surface area (Å²) in [5.41, 5.74) is 6.38. The average molecular weight is 292 g/mol. The zero-order valence-electron chi connectivity index (χ0n) is 9.96. The molecule has 1 aromatic heterocycles. The highest BCUT2D eigenvalue weighted by atomic mass is 32.2. The van der Waals surface area contributed by atoms with Crippen LogP contribution in [0.15, 0.2) is 46.0 Å². The van der Waals surface area contributed by atoms with Crippen LogP contribution in [0.4, 0.5) is 5.69 Å². The van der Waals surface area contributed by atoms with Crippen LogP contribution >= 0.6 is 11.3 Å². The summed E-state index contributed by atoms with van der Waals surface area (Å²) >= 11 is 1.17. The molecule has 2 rings (SSSR count). The average Bonchev–Trinajstić information content (AvgIpc) is 2.92. The minimum Gasteiger partial charge on any atom is -0.320 e. The Morgan fingerprint density at radius 1 is 1.21 bits per heavy atom. The molecule has 3 N–H and O–H groups in total. The number of hydrogen-bond acceptors (Lipinski definition) is 4. The van der Waals surface area contributed by atoms with E-state index in [0.29, 0.717) is 11.3 Å². The molecule has 0 spiro atoms. The first-order valence-electron chi connectivity index (χ1n) is 5.48. The summed E-state index contributed by atoms with van der Waals surface area (Å²) < 4.78 is 27.0. The Kier molecular flexibility index (Phi) is 4.22. The van der Waals surface area contributed by atoms with Crippen molar-refractivity contribution in [2.75, 3.05) is 11.3 Å². The highest BCUT2D eigenvalue weighted by Crippen LogP contribution is 2.22. The second-order valence-corrected chi connectivity index (χ2v) is 6.45. The smallest absolute Gasteiger partial charge is 0.271 e. The van der Waals surface area contributed by atoms with Crippen LogP contribution in [0.5, 0.6) is 0 Å². The Labute approximate surface area is 116 Å². The van der Waals surface area contributed by atoms with Crippen molar-refractivity contribution >= 4 is 27.0 Å². The van der Waals surface area contributed by atoms with Gasteiger partial charge in [-0.3, -0.25) is 4.72 Å². The lowest BCUT2D eigenvalue weighted by Gasteiger charge is -2.08. The van der Waals surface area contributed by atoms with Gasteiger partial charge in [0, 0.05) is 5.56 Å². The van der Waals surface area contributed by atoms with Crippen LogP contribution in [0.3, 0.4) is 0 Å². The first-order valence-corrected chi connectivity index (χ1v) is 7.84. The molecule has 0 bridgehead atoms. The van der Waals surface area contributed by atoms with E-state index in [-0.39, 0.29) is 10.8 Å². The Balaban J connectivity index is 2.34. The largest absolute Gasteiger partial charge is 0.320 e. The van der Waals surface area contributed by atoms with Gasteiger partial charge in [0.1, 0.15) is 4.21 Å². The molecule has 0 saturated heterocycles. The van der Waals surface area contributed by atoms with Crippen LogP contribution in [-0.2, 0) is 10.0 Å². The van der Waals surface area contributed by atoms with Gasteiger partial charge in [-0.05, 0) is 23.6 Å². The van der Waals surface area contributed by atoms with E-state index in [9.17, 15) is 8.42 Å². The van der Waals surface area contributed by atoms with E-state index >= 15 is 0 Å². The highest BCUT2D eigenvalue weighted by molar-refractivity contribution is 7.94. The molecule has 0 saturated carbocycles. The number of rotatable bonds is 3. The molecule has 2 aromatic rings. The molecule has 0 unspecified atom stereocenters. The van der Waals surface area contributed by atoms with Gasteiger partial charge in [-0.25, -0.2) is 8.42 Å². The third-order valence-electron chi connectivity index (χ3n) is 2.26. The fourth-order valence-electron chi connectivity index (χ4n) is 1.44. The van der Waals surface area contributed by atoms with Gasteiger partial charge in [-0.1, -0.05) is 30.0 Å². The van der Waals surface area contributed by atoms with Crippen molar-refractivity contribution in [3.8, 4) is 11.8 Å². The maximum Gasteiger partial charge on any atom is 0.271 e. The van der Waals surface area contributed by atoms with Crippen molar-refractivity contribution in [2.45, 2.75) is 4.21 Å². The maximum absolute atomic E-state index is 12.1. The summed E-state index contributed by atoms with van der Waals surface area (Å²) in [6, 6.07) is 10.2. The van der Waals surface area contributed by atoms with Gasteiger partial charge < -0.3 is 5.73 Å². The molecule has 6 heteroatoms. The van der Waals surface area contributed by atoms with Crippen molar-refractivity contribution in [1.82, 2.24) is 0 Å². The summed E-state index contributed by atoms with van der Waals surface area (Å²) in [5, 5.41) is 1.72. The lowest BCUT2D eigenvalue weighted by atomic mass is 10.2. The van der Waals surface area contributed by atoms with Crippen molar-refractivity contribution < 1.29 is 8.42 Å². The fraction of sp³-hybridized carbons (Fsp3) is 0.0769. The first kappa shape index (κ1) is 13.6. The van der Waals surface area contributed by atoms with Crippen molar-refractivity contribution in [3.05, 3.63) is 47.3 Å². The second kappa shape index (κ2) is 5.89. The van der Waals surface area contributed by atoms with Crippen molar-refractivity contribution in [2.24, 2.45) is 5.73 Å². The minimum atomic E-state index is -3.55. The number of benzene rings is 1. The van der Waals surface area contributed by atoms with Crippen LogP contribution in [0, 0.1) is 11.8 Å². The van der Waals surface area contributed by atoms with Crippen molar-refractivity contribution in [1.29, 1.82) is 0 Å². The zero-order chi connectivity index (χ0) is 13.7. The molecule has 1 heterocycles. The maximum atomic E-state index is 12.1. The molecule has 0 fully saturated rings. The Morgan fingerprint density at radius 3 is 2.68 bits per heavy atom. The van der Waals surface area contributed by atoms with Crippen molar-refractivity contribution in [3.63, 3.8) is 0 Å². The Hall–Kier alpha value is -1.81. The summed E-state index contributed by atoms with van der Waals surface area (Å²) in [6.07, 6.45) is 0. The number of para-hydroxylation sites is 1. The third-order valence-corrected chi connectivity index (χ3v) is 5.02. The number of nitrogens with one attached hydrogen (secondary N) is 1. The summed E-state index contributed by atoms with van der Waals surface area (Å²) in [5.74, 6) is 5.55. The van der Waals surface area contributed by atoms with E-state index in [0.717, 1.165) is 0 Å². The molecule has 0 aliphatic heterocycles. The number of thiophene rings is 1. The monoisotopic (exact) mass is 292 g/mol. The molecule has 0 aliphatic rings. The zero-order valence-corrected chi connectivity index (χ0v) is 11.6. The van der Waals surface area contributed by atoms with E-state index < -0.39 is 10.0 Å². The summed E-state index contributed by atoms with van der Waals surface area (Å²) in [4.78, 5) is 0. The highest BCUT2D eigenvalue weighted by Gasteiger charge is 2.16. The standard InChI is InChI=1S/C13H12N2O2S2/c14-9-3-6-11-5-1-2-7-12(11)15-19(16,17)13-8-4-10-18-13/h1-2,4-5,7-8,10,15H,9,14H2. The summed E-state index contributed by atoms with van der Waals surface area (Å²) in [7, 11) is -3.55. The van der Waals surface area contributed by atoms with E-state index in [1.54, 1.807) is 41.8 Å². The van der Waals surface area contributed by atoms with Crippen LogP contribution in [0.2, 0.25) is 0 Å². The van der Waals surface area contributed by atoms with Gasteiger partial charge >= 0.3 is 0 Å². The summed E-state index contributed by atoms with van der Waals surface area (Å²) in [6.45, 7) is 0.228. The lowest BCUT2D eigenvalue weighted by Crippen LogP contribution is -2.12. The molecule has 19 heavy (non-hydrogen) atoms. The lowest BCUT2D eigenvalue weighted by molar-refractivity contribution is 0.603. The van der Waals surface area contributed by atoms with Crippen LogP contribution in [0.25, 0.3) is 0 Å². The quantitative estimate of drug-likeness (QED) is 0.848. The SMILES string of the molecule is NCC#Cc1ccccc1NS(=O)(=O)c1cccs1. The fourth-order valence-corrected chi connectivity index (χ4v) is 3.51. The molecule has 0 aliphatic carbocycles. The van der Waals surface area contributed by atoms with E-state index in [1.807, 2.05) is 0 Å².